The molecule has 2 unspecified atom stereocenters. The summed E-state index contributed by atoms with van der Waals surface area (Å²) in [6.45, 7) is 0.886. The van der Waals surface area contributed by atoms with E-state index in [1.165, 1.54) is 0 Å². The Balaban J connectivity index is 2.33. The number of hydrogen-bond donors (Lipinski definition) is 1. The third kappa shape index (κ3) is 1.06. The summed E-state index contributed by atoms with van der Waals surface area (Å²) >= 11 is 5.49. The second kappa shape index (κ2) is 1.99. The highest BCUT2D eigenvalue weighted by Gasteiger charge is 2.22. The summed E-state index contributed by atoms with van der Waals surface area (Å²) < 4.78 is 4.79. The molecule has 7 heavy (non-hydrogen) atoms. The van der Waals surface area contributed by atoms with Gasteiger partial charge in [0.1, 0.15) is 0 Å². The van der Waals surface area contributed by atoms with Gasteiger partial charge in [-0.3, -0.25) is 0 Å². The van der Waals surface area contributed by atoms with Crippen molar-refractivity contribution in [3.05, 3.63) is 0 Å². The van der Waals surface area contributed by atoms with Crippen molar-refractivity contribution in [2.75, 3.05) is 13.2 Å². The topological polar surface area (TPSA) is 29.5 Å². The summed E-state index contributed by atoms with van der Waals surface area (Å²) in [5.74, 6) is 0. The Morgan fingerprint density at radius 2 is 2.29 bits per heavy atom. The third-order valence-electron chi connectivity index (χ3n) is 0.983. The number of halogens is 1. The Bertz CT molecular complexity index is 58.7. The van der Waals surface area contributed by atoms with Crippen molar-refractivity contribution in [1.82, 2.24) is 0 Å². The Morgan fingerprint density at radius 3 is 2.43 bits per heavy atom. The quantitative estimate of drug-likeness (QED) is 0.458. The molecule has 0 aromatic heterocycles. The van der Waals surface area contributed by atoms with Gasteiger partial charge in [0.05, 0.1) is 24.7 Å². The fourth-order valence-corrected chi connectivity index (χ4v) is 0.679. The summed E-state index contributed by atoms with van der Waals surface area (Å²) in [5.41, 5.74) is 0. The lowest BCUT2D eigenvalue weighted by molar-refractivity contribution is 0.127. The molecule has 3 heteroatoms. The smallest absolute Gasteiger partial charge is 0.0959 e. The molecule has 1 N–H and O–H groups in total. The Morgan fingerprint density at radius 1 is 1.57 bits per heavy atom. The van der Waals surface area contributed by atoms with Gasteiger partial charge in [0.15, 0.2) is 0 Å². The van der Waals surface area contributed by atoms with Crippen LogP contribution in [0.15, 0.2) is 0 Å². The standard InChI is InChI=1S/C4H7ClO2/c5-3-1-7-2-4(3)6/h3-4,6H,1-2H2. The molecule has 0 radical (unpaired) electrons. The molecule has 2 atom stereocenters. The maximum atomic E-state index is 8.74. The van der Waals surface area contributed by atoms with Gasteiger partial charge in [0.2, 0.25) is 0 Å². The van der Waals surface area contributed by atoms with E-state index in [9.17, 15) is 0 Å². The van der Waals surface area contributed by atoms with Crippen LogP contribution in [0.4, 0.5) is 0 Å². The van der Waals surface area contributed by atoms with E-state index in [1.807, 2.05) is 0 Å². The van der Waals surface area contributed by atoms with Crippen LogP contribution in [0.2, 0.25) is 0 Å². The second-order valence-electron chi connectivity index (χ2n) is 1.62. The lowest BCUT2D eigenvalue weighted by Crippen LogP contribution is -2.16. The lowest BCUT2D eigenvalue weighted by atomic mass is 10.3. The highest BCUT2D eigenvalue weighted by Crippen LogP contribution is 2.10. The van der Waals surface area contributed by atoms with E-state index in [0.717, 1.165) is 0 Å². The molecule has 0 aromatic rings. The normalized spacial score (nSPS) is 42.0. The molecule has 0 spiro atoms. The van der Waals surface area contributed by atoms with Crippen LogP contribution in [-0.4, -0.2) is 29.8 Å². The molecule has 0 amide bonds. The molecule has 1 rings (SSSR count). The number of hydrogen-bond acceptors (Lipinski definition) is 2. The van der Waals surface area contributed by atoms with Crippen molar-refractivity contribution in [2.24, 2.45) is 0 Å². The molecule has 2 nitrogen and oxygen atoms in total. The fraction of sp³-hybridized carbons (Fsp3) is 1.00. The minimum Gasteiger partial charge on any atom is -0.389 e. The van der Waals surface area contributed by atoms with Crippen molar-refractivity contribution >= 4 is 11.6 Å². The van der Waals surface area contributed by atoms with Crippen molar-refractivity contribution < 1.29 is 9.84 Å². The van der Waals surface area contributed by atoms with E-state index >= 15 is 0 Å². The SMILES string of the molecule is OC1COCC1Cl. The van der Waals surface area contributed by atoms with Crippen molar-refractivity contribution in [3.63, 3.8) is 0 Å². The zero-order valence-electron chi connectivity index (χ0n) is 3.80. The number of alkyl halides is 1. The van der Waals surface area contributed by atoms with Gasteiger partial charge >= 0.3 is 0 Å². The van der Waals surface area contributed by atoms with Crippen LogP contribution >= 0.6 is 11.6 Å². The van der Waals surface area contributed by atoms with Gasteiger partial charge in [-0.05, 0) is 0 Å². The predicted octanol–water partition coefficient (Wildman–Crippen LogP) is -0.0151. The Labute approximate surface area is 47.0 Å². The van der Waals surface area contributed by atoms with Crippen molar-refractivity contribution in [1.29, 1.82) is 0 Å². The first-order valence-corrected chi connectivity index (χ1v) is 2.64. The van der Waals surface area contributed by atoms with Gasteiger partial charge in [-0.1, -0.05) is 0 Å². The summed E-state index contributed by atoms with van der Waals surface area (Å²) in [5, 5.41) is 8.56. The van der Waals surface area contributed by atoms with Gasteiger partial charge in [0.25, 0.3) is 0 Å². The van der Waals surface area contributed by atoms with E-state index in [0.29, 0.717) is 13.2 Å². The van der Waals surface area contributed by atoms with Crippen LogP contribution in [0.5, 0.6) is 0 Å². The molecule has 42 valence electrons. The first kappa shape index (κ1) is 5.35. The number of ether oxygens (including phenoxy) is 1. The Kier molecular flexibility index (Phi) is 1.52. The van der Waals surface area contributed by atoms with Crippen LogP contribution < -0.4 is 0 Å². The minimum atomic E-state index is -0.443. The molecular formula is C4H7ClO2. The summed E-state index contributed by atoms with van der Waals surface area (Å²) in [4.78, 5) is 0. The van der Waals surface area contributed by atoms with Gasteiger partial charge in [0, 0.05) is 0 Å². The molecule has 0 aliphatic carbocycles. The van der Waals surface area contributed by atoms with Crippen LogP contribution in [-0.2, 0) is 4.74 Å². The van der Waals surface area contributed by atoms with Gasteiger partial charge < -0.3 is 9.84 Å². The van der Waals surface area contributed by atoms with Crippen molar-refractivity contribution in [2.45, 2.75) is 11.5 Å². The molecule has 1 heterocycles. The van der Waals surface area contributed by atoms with Crippen LogP contribution in [0, 0.1) is 0 Å². The maximum absolute atomic E-state index is 8.74. The molecule has 1 fully saturated rings. The highest BCUT2D eigenvalue weighted by molar-refractivity contribution is 6.21. The molecule has 1 saturated heterocycles. The average molecular weight is 123 g/mol. The monoisotopic (exact) mass is 122 g/mol. The molecule has 1 aliphatic rings. The van der Waals surface area contributed by atoms with E-state index in [4.69, 9.17) is 21.4 Å². The number of rotatable bonds is 0. The fourth-order valence-electron chi connectivity index (χ4n) is 0.517. The average Bonchev–Trinajstić information content (AvgIpc) is 1.91. The van der Waals surface area contributed by atoms with Gasteiger partial charge in [-0.2, -0.15) is 0 Å². The molecule has 0 aromatic carbocycles. The minimum absolute atomic E-state index is 0.181. The zero-order valence-corrected chi connectivity index (χ0v) is 4.56. The summed E-state index contributed by atoms with van der Waals surface area (Å²) in [7, 11) is 0. The van der Waals surface area contributed by atoms with E-state index < -0.39 is 6.10 Å². The van der Waals surface area contributed by atoms with E-state index in [1.54, 1.807) is 0 Å². The van der Waals surface area contributed by atoms with Crippen LogP contribution in [0.1, 0.15) is 0 Å². The first-order valence-electron chi connectivity index (χ1n) is 2.20. The molecule has 0 saturated carbocycles. The largest absolute Gasteiger partial charge is 0.389 e. The van der Waals surface area contributed by atoms with E-state index in [-0.39, 0.29) is 5.38 Å². The summed E-state index contributed by atoms with van der Waals surface area (Å²) in [6.07, 6.45) is -0.443. The summed E-state index contributed by atoms with van der Waals surface area (Å²) in [6, 6.07) is 0. The van der Waals surface area contributed by atoms with Crippen LogP contribution in [0.25, 0.3) is 0 Å². The molecule has 1 aliphatic heterocycles. The van der Waals surface area contributed by atoms with Gasteiger partial charge in [-0.15, -0.1) is 11.6 Å². The van der Waals surface area contributed by atoms with Crippen LogP contribution in [0.3, 0.4) is 0 Å². The third-order valence-corrected chi connectivity index (χ3v) is 1.40. The molecule has 0 bridgehead atoms. The predicted molar refractivity (Wildman–Crippen MR) is 26.5 cm³/mol. The Hall–Kier alpha value is 0.210. The molecular weight excluding hydrogens is 115 g/mol. The van der Waals surface area contributed by atoms with Gasteiger partial charge in [-0.25, -0.2) is 0 Å². The van der Waals surface area contributed by atoms with Crippen molar-refractivity contribution in [3.8, 4) is 0 Å². The highest BCUT2D eigenvalue weighted by atomic mass is 35.5. The first-order chi connectivity index (χ1) is 3.30. The number of aliphatic hydroxyl groups excluding tert-OH is 1. The maximum Gasteiger partial charge on any atom is 0.0959 e. The second-order valence-corrected chi connectivity index (χ2v) is 2.18. The lowest BCUT2D eigenvalue weighted by Gasteiger charge is -1.98. The number of aliphatic hydroxyl groups is 1. The zero-order chi connectivity index (χ0) is 5.28. The van der Waals surface area contributed by atoms with E-state index in [2.05, 4.69) is 0 Å².